The quantitative estimate of drug-likeness (QED) is 0.366. The second kappa shape index (κ2) is 10.9. The lowest BCUT2D eigenvalue weighted by molar-refractivity contribution is -0.0737. The van der Waals surface area contributed by atoms with Crippen LogP contribution in [0, 0.1) is 6.92 Å². The van der Waals surface area contributed by atoms with Crippen LogP contribution in [0.2, 0.25) is 0 Å². The minimum Gasteiger partial charge on any atom is -0.388 e. The van der Waals surface area contributed by atoms with Gasteiger partial charge in [0.1, 0.15) is 5.82 Å². The highest BCUT2D eigenvalue weighted by Gasteiger charge is 2.32. The number of H-pyrrole nitrogens is 1. The summed E-state index contributed by atoms with van der Waals surface area (Å²) < 4.78 is 11.7. The van der Waals surface area contributed by atoms with Crippen molar-refractivity contribution >= 4 is 0 Å². The lowest BCUT2D eigenvalue weighted by atomic mass is 9.94. The lowest BCUT2D eigenvalue weighted by Crippen LogP contribution is -2.44. The second-order valence-electron chi connectivity index (χ2n) is 9.93. The first-order valence-corrected chi connectivity index (χ1v) is 13.0. The molecule has 0 radical (unpaired) electrons. The first-order chi connectivity index (χ1) is 18.4. The van der Waals surface area contributed by atoms with E-state index < -0.39 is 11.4 Å². The fraction of sp³-hybridized carbons (Fsp3) is 0.379. The average Bonchev–Trinajstić information content (AvgIpc) is 3.36. The van der Waals surface area contributed by atoms with Crippen LogP contribution in [-0.2, 0) is 24.1 Å². The third-order valence-electron chi connectivity index (χ3n) is 7.17. The molecule has 5 rings (SSSR count). The molecule has 2 aromatic heterocycles. The monoisotopic (exact) mass is 516 g/mol. The fourth-order valence-electron chi connectivity index (χ4n) is 5.06. The molecule has 2 N–H and O–H groups in total. The van der Waals surface area contributed by atoms with Crippen LogP contribution in [0.25, 0.3) is 22.5 Å². The number of rotatable bonds is 8. The van der Waals surface area contributed by atoms with Crippen molar-refractivity contribution in [3.05, 3.63) is 92.1 Å². The van der Waals surface area contributed by atoms with Gasteiger partial charge in [-0.3, -0.25) is 18.9 Å². The molecule has 0 amide bonds. The molecule has 38 heavy (non-hydrogen) atoms. The van der Waals surface area contributed by atoms with Crippen LogP contribution >= 0.6 is 0 Å². The molecule has 1 fully saturated rings. The molecule has 9 heteroatoms. The molecule has 9 nitrogen and oxygen atoms in total. The molecule has 0 bridgehead atoms. The summed E-state index contributed by atoms with van der Waals surface area (Å²) in [6, 6.07) is 15.6. The van der Waals surface area contributed by atoms with Crippen molar-refractivity contribution in [2.45, 2.75) is 58.1 Å². The Morgan fingerprint density at radius 1 is 1.05 bits per heavy atom. The molecule has 0 aliphatic carbocycles. The Labute approximate surface area is 220 Å². The predicted octanol–water partition coefficient (Wildman–Crippen LogP) is 3.65. The van der Waals surface area contributed by atoms with Crippen LogP contribution < -0.4 is 11.3 Å². The Bertz CT molecular complexity index is 1530. The van der Waals surface area contributed by atoms with Gasteiger partial charge >= 0.3 is 5.76 Å². The van der Waals surface area contributed by atoms with Gasteiger partial charge in [-0.2, -0.15) is 0 Å². The number of aliphatic hydroxyl groups is 1. The minimum absolute atomic E-state index is 0.0923. The summed E-state index contributed by atoms with van der Waals surface area (Å²) in [6.45, 7) is 5.10. The van der Waals surface area contributed by atoms with Crippen molar-refractivity contribution in [3.63, 3.8) is 0 Å². The largest absolute Gasteiger partial charge is 0.439 e. The molecular formula is C29H32N4O5. The van der Waals surface area contributed by atoms with E-state index >= 15 is 0 Å². The zero-order valence-electron chi connectivity index (χ0n) is 21.7. The highest BCUT2D eigenvalue weighted by molar-refractivity contribution is 5.80. The highest BCUT2D eigenvalue weighted by Crippen LogP contribution is 2.30. The Balaban J connectivity index is 1.46. The van der Waals surface area contributed by atoms with Crippen LogP contribution in [0.5, 0.6) is 0 Å². The summed E-state index contributed by atoms with van der Waals surface area (Å²) in [7, 11) is 0. The zero-order valence-corrected chi connectivity index (χ0v) is 21.7. The van der Waals surface area contributed by atoms with Gasteiger partial charge in [0.25, 0.3) is 5.56 Å². The predicted molar refractivity (Wildman–Crippen MR) is 143 cm³/mol. The third-order valence-corrected chi connectivity index (χ3v) is 7.17. The van der Waals surface area contributed by atoms with E-state index in [-0.39, 0.29) is 12.1 Å². The van der Waals surface area contributed by atoms with Gasteiger partial charge in [0.2, 0.25) is 0 Å². The van der Waals surface area contributed by atoms with Crippen LogP contribution in [0.15, 0.2) is 62.6 Å². The summed E-state index contributed by atoms with van der Waals surface area (Å²) in [5.74, 6) is 0.394. The normalized spacial score (nSPS) is 15.0. The van der Waals surface area contributed by atoms with Gasteiger partial charge in [0.05, 0.1) is 17.8 Å². The average molecular weight is 517 g/mol. The highest BCUT2D eigenvalue weighted by atomic mass is 16.5. The topological polar surface area (TPSA) is 123 Å². The Morgan fingerprint density at radius 2 is 1.76 bits per heavy atom. The van der Waals surface area contributed by atoms with E-state index in [4.69, 9.17) is 9.72 Å². The van der Waals surface area contributed by atoms with Crippen LogP contribution in [0.1, 0.15) is 48.8 Å². The van der Waals surface area contributed by atoms with Gasteiger partial charge in [-0.1, -0.05) is 67.0 Å². The molecule has 1 saturated heterocycles. The van der Waals surface area contributed by atoms with E-state index in [1.165, 1.54) is 0 Å². The summed E-state index contributed by atoms with van der Waals surface area (Å²) >= 11 is 0. The van der Waals surface area contributed by atoms with Gasteiger partial charge in [-0.15, -0.1) is 0 Å². The van der Waals surface area contributed by atoms with E-state index in [9.17, 15) is 14.7 Å². The van der Waals surface area contributed by atoms with Gasteiger partial charge in [-0.25, -0.2) is 9.78 Å². The molecule has 198 valence electrons. The van der Waals surface area contributed by atoms with Crippen molar-refractivity contribution in [2.75, 3.05) is 13.2 Å². The summed E-state index contributed by atoms with van der Waals surface area (Å²) in [5, 5.41) is 14.9. The van der Waals surface area contributed by atoms with E-state index in [0.717, 1.165) is 34.4 Å². The molecule has 0 unspecified atom stereocenters. The molecular weight excluding hydrogens is 484 g/mol. The van der Waals surface area contributed by atoms with Crippen LogP contribution in [0.4, 0.5) is 0 Å². The first kappa shape index (κ1) is 25.8. The minimum atomic E-state index is -0.971. The third kappa shape index (κ3) is 5.39. The molecule has 0 saturated carbocycles. The Hall–Kier alpha value is -3.82. The maximum atomic E-state index is 13.7. The number of nitrogens with zero attached hydrogens (tertiary/aromatic N) is 3. The Morgan fingerprint density at radius 3 is 2.42 bits per heavy atom. The van der Waals surface area contributed by atoms with Gasteiger partial charge in [0, 0.05) is 43.6 Å². The van der Waals surface area contributed by atoms with Crippen molar-refractivity contribution < 1.29 is 14.4 Å². The van der Waals surface area contributed by atoms with Crippen LogP contribution in [0.3, 0.4) is 0 Å². The molecule has 2 aromatic carbocycles. The van der Waals surface area contributed by atoms with Gasteiger partial charge in [-0.05, 0) is 30.0 Å². The molecule has 1 aliphatic heterocycles. The molecule has 0 spiro atoms. The first-order valence-electron chi connectivity index (χ1n) is 13.0. The van der Waals surface area contributed by atoms with E-state index in [0.29, 0.717) is 56.1 Å². The maximum absolute atomic E-state index is 13.7. The lowest BCUT2D eigenvalue weighted by Gasteiger charge is -2.33. The number of aryl methyl sites for hydroxylation is 2. The SMILES string of the molecule is CCCc1nc(C)n(CC2(O)CCOCC2)c(=O)c1Cc1ccc(-c2ccccc2-c2noc(=O)[nH]2)cc1. The number of hydrogen-bond acceptors (Lipinski definition) is 7. The molecule has 0 atom stereocenters. The number of aromatic nitrogens is 4. The van der Waals surface area contributed by atoms with Crippen molar-refractivity contribution in [3.8, 4) is 22.5 Å². The molecule has 3 heterocycles. The van der Waals surface area contributed by atoms with E-state index in [1.54, 1.807) is 4.57 Å². The number of ether oxygens (including phenoxy) is 1. The number of hydrogen-bond donors (Lipinski definition) is 2. The van der Waals surface area contributed by atoms with Crippen molar-refractivity contribution in [1.82, 2.24) is 19.7 Å². The standard InChI is InChI=1S/C29H32N4O5/c1-3-6-25-24(27(34)33(19(2)30-25)18-29(36)13-15-37-16-14-29)17-20-9-11-21(12-10-20)22-7-4-5-8-23(22)26-31-28(35)38-32-26/h4-5,7-12,36H,3,6,13-18H2,1-2H3,(H,31,32,35). The molecule has 4 aromatic rings. The van der Waals surface area contributed by atoms with E-state index in [2.05, 4.69) is 21.6 Å². The summed E-state index contributed by atoms with van der Waals surface area (Å²) in [5.41, 5.74) is 4.01. The Kier molecular flexibility index (Phi) is 7.40. The maximum Gasteiger partial charge on any atom is 0.439 e. The smallest absolute Gasteiger partial charge is 0.388 e. The number of nitrogens with one attached hydrogen (secondary N) is 1. The van der Waals surface area contributed by atoms with Crippen molar-refractivity contribution in [1.29, 1.82) is 0 Å². The van der Waals surface area contributed by atoms with E-state index in [1.807, 2.05) is 55.5 Å². The summed E-state index contributed by atoms with van der Waals surface area (Å²) in [4.78, 5) is 32.6. The second-order valence-corrected chi connectivity index (χ2v) is 9.93. The summed E-state index contributed by atoms with van der Waals surface area (Å²) in [6.07, 6.45) is 3.03. The van der Waals surface area contributed by atoms with Gasteiger partial charge in [0.15, 0.2) is 5.82 Å². The van der Waals surface area contributed by atoms with Crippen molar-refractivity contribution in [2.24, 2.45) is 0 Å². The number of benzene rings is 2. The zero-order chi connectivity index (χ0) is 26.7. The number of aromatic amines is 1. The fourth-order valence-corrected chi connectivity index (χ4v) is 5.06. The van der Waals surface area contributed by atoms with Crippen LogP contribution in [-0.4, -0.2) is 43.6 Å². The van der Waals surface area contributed by atoms with Gasteiger partial charge < -0.3 is 9.84 Å². The molecule has 1 aliphatic rings.